The van der Waals surface area contributed by atoms with Gasteiger partial charge in [-0.15, -0.1) is 11.3 Å². The molecule has 0 saturated carbocycles. The standard InChI is InChI=1S/C52H34N4S/c1-54-51(31-13-3-2-4-14-31)55-50(53)32-23-27-46-39(29-32)40-30-33(24-28-47(40)57-46)56-45-22-12-8-17-36(45)37-25-26-44-48(49(37)56)38-18-7-11-21-43(38)52(44)41-19-9-5-15-34(41)35-16-6-10-20-42(35)52/h2-30H,1H3,(H2,53,54,55). The molecular formula is C52H34N4S. The van der Waals surface area contributed by atoms with Crippen LogP contribution in [-0.2, 0) is 5.41 Å². The third kappa shape index (κ3) is 4.32. The highest BCUT2D eigenvalue weighted by Gasteiger charge is 2.52. The van der Waals surface area contributed by atoms with Crippen LogP contribution in [0.5, 0.6) is 0 Å². The molecule has 0 saturated heterocycles. The van der Waals surface area contributed by atoms with Crippen molar-refractivity contribution in [2.24, 2.45) is 15.7 Å². The summed E-state index contributed by atoms with van der Waals surface area (Å²) in [5.41, 5.74) is 22.3. The fourth-order valence-corrected chi connectivity index (χ4v) is 11.0. The summed E-state index contributed by atoms with van der Waals surface area (Å²) in [6, 6.07) is 64.1. The lowest BCUT2D eigenvalue weighted by Gasteiger charge is -2.30. The van der Waals surface area contributed by atoms with Gasteiger partial charge in [0.2, 0.25) is 0 Å². The molecule has 57 heavy (non-hydrogen) atoms. The van der Waals surface area contributed by atoms with Crippen LogP contribution < -0.4 is 5.73 Å². The van der Waals surface area contributed by atoms with Crippen LogP contribution in [0.2, 0.25) is 0 Å². The summed E-state index contributed by atoms with van der Waals surface area (Å²) in [4.78, 5) is 9.24. The highest BCUT2D eigenvalue weighted by molar-refractivity contribution is 7.25. The Bertz CT molecular complexity index is 3340. The lowest BCUT2D eigenvalue weighted by Crippen LogP contribution is -2.25. The Balaban J connectivity index is 1.11. The first kappa shape index (κ1) is 32.2. The van der Waals surface area contributed by atoms with Crippen LogP contribution in [0.1, 0.15) is 33.4 Å². The first-order chi connectivity index (χ1) is 28.1. The third-order valence-corrected chi connectivity index (χ3v) is 13.4. The van der Waals surface area contributed by atoms with E-state index in [0.29, 0.717) is 11.7 Å². The Hall–Kier alpha value is -7.08. The average molecular weight is 747 g/mol. The minimum absolute atomic E-state index is 0.414. The Morgan fingerprint density at radius 3 is 1.88 bits per heavy atom. The first-order valence-corrected chi connectivity index (χ1v) is 20.2. The van der Waals surface area contributed by atoms with Crippen molar-refractivity contribution in [2.75, 3.05) is 7.05 Å². The lowest BCUT2D eigenvalue weighted by molar-refractivity contribution is 0.794. The van der Waals surface area contributed by atoms with Gasteiger partial charge in [0.15, 0.2) is 5.84 Å². The number of benzene rings is 8. The number of hydrogen-bond donors (Lipinski definition) is 1. The minimum atomic E-state index is -0.414. The summed E-state index contributed by atoms with van der Waals surface area (Å²) in [5.74, 6) is 1.05. The zero-order valence-corrected chi connectivity index (χ0v) is 31.9. The van der Waals surface area contributed by atoms with E-state index in [1.54, 1.807) is 7.05 Å². The van der Waals surface area contributed by atoms with E-state index < -0.39 is 5.41 Å². The van der Waals surface area contributed by atoms with Crippen molar-refractivity contribution < 1.29 is 0 Å². The van der Waals surface area contributed by atoms with Crippen LogP contribution in [-0.4, -0.2) is 23.3 Å². The second kappa shape index (κ2) is 12.0. The van der Waals surface area contributed by atoms with Gasteiger partial charge in [-0.3, -0.25) is 4.99 Å². The molecule has 2 aliphatic carbocycles. The van der Waals surface area contributed by atoms with Crippen LogP contribution >= 0.6 is 11.3 Å². The molecule has 2 aromatic heterocycles. The molecule has 2 heterocycles. The van der Waals surface area contributed by atoms with Gasteiger partial charge in [0.25, 0.3) is 0 Å². The van der Waals surface area contributed by atoms with Gasteiger partial charge in [-0.2, -0.15) is 0 Å². The summed E-state index contributed by atoms with van der Waals surface area (Å²) < 4.78 is 4.96. The molecule has 1 spiro atoms. The zero-order valence-electron chi connectivity index (χ0n) is 31.1. The fraction of sp³-hybridized carbons (Fsp3) is 0.0385. The number of hydrogen-bond acceptors (Lipinski definition) is 2. The van der Waals surface area contributed by atoms with Gasteiger partial charge in [-0.1, -0.05) is 133 Å². The van der Waals surface area contributed by atoms with E-state index in [0.717, 1.165) is 22.2 Å². The number of nitrogens with two attached hydrogens (primary N) is 1. The van der Waals surface area contributed by atoms with Crippen molar-refractivity contribution in [1.82, 2.24) is 4.57 Å². The lowest BCUT2D eigenvalue weighted by atomic mass is 9.70. The highest BCUT2D eigenvalue weighted by atomic mass is 32.1. The smallest absolute Gasteiger partial charge is 0.156 e. The molecule has 0 radical (unpaired) electrons. The van der Waals surface area contributed by atoms with Crippen LogP contribution in [0.15, 0.2) is 186 Å². The van der Waals surface area contributed by atoms with Crippen LogP contribution in [0, 0.1) is 0 Å². The van der Waals surface area contributed by atoms with E-state index in [-0.39, 0.29) is 0 Å². The second-order valence-electron chi connectivity index (χ2n) is 15.0. The summed E-state index contributed by atoms with van der Waals surface area (Å²) >= 11 is 1.81. The predicted octanol–water partition coefficient (Wildman–Crippen LogP) is 12.3. The number of nitrogens with zero attached hydrogens (tertiary/aromatic N) is 3. The number of fused-ring (bicyclic) bond motifs is 17. The molecule has 2 aliphatic rings. The molecule has 10 aromatic rings. The summed E-state index contributed by atoms with van der Waals surface area (Å²) in [5, 5.41) is 4.86. The fourth-order valence-electron chi connectivity index (χ4n) is 9.97. The van der Waals surface area contributed by atoms with Crippen LogP contribution in [0.4, 0.5) is 0 Å². The molecule has 0 fully saturated rings. The molecule has 0 aliphatic heterocycles. The molecule has 0 unspecified atom stereocenters. The topological polar surface area (TPSA) is 55.7 Å². The van der Waals surface area contributed by atoms with Crippen molar-refractivity contribution in [2.45, 2.75) is 5.41 Å². The Morgan fingerprint density at radius 2 is 1.14 bits per heavy atom. The quantitative estimate of drug-likeness (QED) is 0.142. The highest BCUT2D eigenvalue weighted by Crippen LogP contribution is 2.64. The van der Waals surface area contributed by atoms with Gasteiger partial charge in [0.05, 0.1) is 16.4 Å². The van der Waals surface area contributed by atoms with Crippen LogP contribution in [0.3, 0.4) is 0 Å². The van der Waals surface area contributed by atoms with Gasteiger partial charge in [0.1, 0.15) is 5.84 Å². The molecule has 0 bridgehead atoms. The van der Waals surface area contributed by atoms with E-state index >= 15 is 0 Å². The maximum absolute atomic E-state index is 6.71. The SMILES string of the molecule is CN=C(N=C(N)c1ccc2sc3ccc(-n4c5ccccc5c5ccc6c(c54)-c4ccccc4C64c5ccccc5-c5ccccc54)cc3c2c1)c1ccccc1. The maximum Gasteiger partial charge on any atom is 0.156 e. The van der Waals surface area contributed by atoms with E-state index in [2.05, 4.69) is 155 Å². The minimum Gasteiger partial charge on any atom is -0.383 e. The first-order valence-electron chi connectivity index (χ1n) is 19.3. The van der Waals surface area contributed by atoms with Gasteiger partial charge in [-0.05, 0) is 81.4 Å². The Morgan fingerprint density at radius 1 is 0.526 bits per heavy atom. The molecule has 268 valence electrons. The van der Waals surface area contributed by atoms with Gasteiger partial charge < -0.3 is 10.3 Å². The summed E-state index contributed by atoms with van der Waals surface area (Å²) in [7, 11) is 1.75. The molecular weight excluding hydrogens is 713 g/mol. The maximum atomic E-state index is 6.71. The van der Waals surface area contributed by atoms with Crippen molar-refractivity contribution in [3.63, 3.8) is 0 Å². The van der Waals surface area contributed by atoms with Crippen molar-refractivity contribution in [1.29, 1.82) is 0 Å². The molecule has 4 nitrogen and oxygen atoms in total. The monoisotopic (exact) mass is 746 g/mol. The van der Waals surface area contributed by atoms with E-state index in [1.165, 1.54) is 81.1 Å². The number of amidine groups is 2. The van der Waals surface area contributed by atoms with E-state index in [4.69, 9.17) is 10.7 Å². The van der Waals surface area contributed by atoms with Gasteiger partial charge in [0, 0.05) is 60.4 Å². The molecule has 5 heteroatoms. The van der Waals surface area contributed by atoms with Crippen molar-refractivity contribution in [3.8, 4) is 27.9 Å². The number of aliphatic imine (C=N–C) groups is 2. The summed E-state index contributed by atoms with van der Waals surface area (Å²) in [6.45, 7) is 0. The molecule has 0 amide bonds. The zero-order chi connectivity index (χ0) is 37.8. The largest absolute Gasteiger partial charge is 0.383 e. The molecule has 8 aromatic carbocycles. The normalized spacial score (nSPS) is 14.1. The van der Waals surface area contributed by atoms with Crippen molar-refractivity contribution >= 4 is 65.0 Å². The number of rotatable bonds is 3. The third-order valence-electron chi connectivity index (χ3n) is 12.3. The number of thiophene rings is 1. The summed E-state index contributed by atoms with van der Waals surface area (Å²) in [6.07, 6.45) is 0. The number of aromatic nitrogens is 1. The predicted molar refractivity (Wildman–Crippen MR) is 240 cm³/mol. The average Bonchev–Trinajstić information content (AvgIpc) is 3.99. The number of para-hydroxylation sites is 1. The molecule has 12 rings (SSSR count). The van der Waals surface area contributed by atoms with E-state index in [1.807, 2.05) is 41.7 Å². The van der Waals surface area contributed by atoms with Crippen molar-refractivity contribution in [3.05, 3.63) is 209 Å². The van der Waals surface area contributed by atoms with Crippen LogP contribution in [0.25, 0.3) is 69.9 Å². The molecule has 0 atom stereocenters. The Kier molecular flexibility index (Phi) is 6.75. The Labute approximate surface area is 333 Å². The van der Waals surface area contributed by atoms with Gasteiger partial charge >= 0.3 is 0 Å². The second-order valence-corrected chi connectivity index (χ2v) is 16.1. The van der Waals surface area contributed by atoms with Gasteiger partial charge in [-0.25, -0.2) is 4.99 Å². The molecule has 2 N–H and O–H groups in total. The van der Waals surface area contributed by atoms with E-state index in [9.17, 15) is 0 Å².